The van der Waals surface area contributed by atoms with Gasteiger partial charge in [-0.25, -0.2) is 4.79 Å². The lowest BCUT2D eigenvalue weighted by Gasteiger charge is -2.11. The van der Waals surface area contributed by atoms with Gasteiger partial charge in [0.25, 0.3) is 5.91 Å². The molecule has 0 fully saturated rings. The van der Waals surface area contributed by atoms with Crippen molar-refractivity contribution in [1.82, 2.24) is 0 Å². The molecular weight excluding hydrogens is 284 g/mol. The maximum Gasteiger partial charge on any atom is 0.335 e. The van der Waals surface area contributed by atoms with E-state index in [-0.39, 0.29) is 11.5 Å². The van der Waals surface area contributed by atoms with Crippen molar-refractivity contribution in [3.63, 3.8) is 0 Å². The number of anilines is 1. The number of carboxylic acid groups (broad SMARTS) is 1. The summed E-state index contributed by atoms with van der Waals surface area (Å²) in [5.74, 6) is -0.727. The lowest BCUT2D eigenvalue weighted by molar-refractivity contribution is -0.114. The molecule has 22 heavy (non-hydrogen) atoms. The monoisotopic (exact) mass is 296 g/mol. The average molecular weight is 296 g/mol. The molecule has 0 atom stereocenters. The van der Waals surface area contributed by atoms with Crippen LogP contribution in [0.3, 0.4) is 0 Å². The molecule has 0 radical (unpaired) electrons. The number of hydrogen-bond donors (Lipinski definition) is 1. The predicted octanol–water partition coefficient (Wildman–Crippen LogP) is 2.78. The number of carbonyl (C=O) groups is 2. The van der Waals surface area contributed by atoms with Crippen molar-refractivity contribution in [2.24, 2.45) is 5.10 Å². The van der Waals surface area contributed by atoms with Crippen LogP contribution in [0.5, 0.6) is 0 Å². The molecule has 0 spiro atoms. The molecular formula is C16H12N2O4. The molecule has 6 heteroatoms. The van der Waals surface area contributed by atoms with Crippen LogP contribution in [0.25, 0.3) is 6.08 Å². The van der Waals surface area contributed by atoms with Crippen molar-refractivity contribution in [2.75, 3.05) is 5.01 Å². The SMILES string of the molecule is CC1=NN(c2ccc(C(=O)O)cc2)C(=O)/C1=C\c1ccco1. The molecule has 3 rings (SSSR count). The van der Waals surface area contributed by atoms with Crippen molar-refractivity contribution in [2.45, 2.75) is 6.92 Å². The van der Waals surface area contributed by atoms with E-state index in [9.17, 15) is 9.59 Å². The van der Waals surface area contributed by atoms with Gasteiger partial charge in [0.2, 0.25) is 0 Å². The summed E-state index contributed by atoms with van der Waals surface area (Å²) in [6.45, 7) is 1.73. The third-order valence-electron chi connectivity index (χ3n) is 3.25. The highest BCUT2D eigenvalue weighted by molar-refractivity contribution is 6.32. The Hall–Kier alpha value is -3.15. The van der Waals surface area contributed by atoms with Crippen molar-refractivity contribution < 1.29 is 19.1 Å². The summed E-state index contributed by atoms with van der Waals surface area (Å²) in [4.78, 5) is 23.3. The van der Waals surface area contributed by atoms with Crippen molar-refractivity contribution in [3.8, 4) is 0 Å². The molecule has 2 heterocycles. The minimum absolute atomic E-state index is 0.155. The molecule has 0 saturated carbocycles. The Balaban J connectivity index is 1.91. The highest BCUT2D eigenvalue weighted by atomic mass is 16.4. The molecule has 1 aromatic heterocycles. The fraction of sp³-hybridized carbons (Fsp3) is 0.0625. The van der Waals surface area contributed by atoms with Crippen molar-refractivity contribution >= 4 is 29.4 Å². The van der Waals surface area contributed by atoms with E-state index in [1.54, 1.807) is 37.3 Å². The van der Waals surface area contributed by atoms with Gasteiger partial charge in [0.05, 0.1) is 28.8 Å². The van der Waals surface area contributed by atoms with Crippen LogP contribution in [0, 0.1) is 0 Å². The van der Waals surface area contributed by atoms with Gasteiger partial charge in [-0.3, -0.25) is 4.79 Å². The van der Waals surface area contributed by atoms with Crippen LogP contribution < -0.4 is 5.01 Å². The number of aromatic carboxylic acids is 1. The van der Waals surface area contributed by atoms with Gasteiger partial charge < -0.3 is 9.52 Å². The molecule has 1 aliphatic heterocycles. The summed E-state index contributed by atoms with van der Waals surface area (Å²) in [5.41, 5.74) is 1.68. The topological polar surface area (TPSA) is 83.1 Å². The normalized spacial score (nSPS) is 16.2. The number of furan rings is 1. The first-order valence-electron chi connectivity index (χ1n) is 6.55. The van der Waals surface area contributed by atoms with Crippen LogP contribution in [0.2, 0.25) is 0 Å². The van der Waals surface area contributed by atoms with E-state index >= 15 is 0 Å². The number of amides is 1. The van der Waals surface area contributed by atoms with Gasteiger partial charge in [0, 0.05) is 0 Å². The molecule has 0 aliphatic carbocycles. The van der Waals surface area contributed by atoms with Crippen molar-refractivity contribution in [1.29, 1.82) is 0 Å². The van der Waals surface area contributed by atoms with Crippen LogP contribution in [0.4, 0.5) is 5.69 Å². The largest absolute Gasteiger partial charge is 0.478 e. The number of carboxylic acids is 1. The minimum atomic E-state index is -1.02. The second-order valence-electron chi connectivity index (χ2n) is 4.73. The number of rotatable bonds is 3. The van der Waals surface area contributed by atoms with Crippen LogP contribution >= 0.6 is 0 Å². The number of hydrogen-bond acceptors (Lipinski definition) is 4. The second-order valence-corrected chi connectivity index (χ2v) is 4.73. The van der Waals surface area contributed by atoms with Gasteiger partial charge in [0.1, 0.15) is 5.76 Å². The predicted molar refractivity (Wildman–Crippen MR) is 80.7 cm³/mol. The molecule has 6 nitrogen and oxygen atoms in total. The summed E-state index contributed by atoms with van der Waals surface area (Å²) in [5, 5.41) is 14.4. The van der Waals surface area contributed by atoms with Gasteiger partial charge in [-0.15, -0.1) is 0 Å². The van der Waals surface area contributed by atoms with E-state index in [1.807, 2.05) is 0 Å². The quantitative estimate of drug-likeness (QED) is 0.883. The Bertz CT molecular complexity index is 786. The standard InChI is InChI=1S/C16H12N2O4/c1-10-14(9-13-3-2-8-22-13)15(19)18(17-10)12-6-4-11(5-7-12)16(20)21/h2-9H,1H3,(H,20,21)/b14-9-. The number of hydrazone groups is 1. The fourth-order valence-electron chi connectivity index (χ4n) is 2.12. The number of carbonyl (C=O) groups excluding carboxylic acids is 1. The van der Waals surface area contributed by atoms with Gasteiger partial charge in [-0.1, -0.05) is 0 Å². The van der Waals surface area contributed by atoms with E-state index in [4.69, 9.17) is 9.52 Å². The van der Waals surface area contributed by atoms with Crippen molar-refractivity contribution in [3.05, 3.63) is 59.6 Å². The van der Waals surface area contributed by atoms with Gasteiger partial charge in [0.15, 0.2) is 0 Å². The first-order chi connectivity index (χ1) is 10.6. The zero-order chi connectivity index (χ0) is 15.7. The Labute approximate surface area is 126 Å². The van der Waals surface area contributed by atoms with E-state index < -0.39 is 5.97 Å². The molecule has 1 amide bonds. The Kier molecular flexibility index (Phi) is 3.34. The van der Waals surface area contributed by atoms with Crippen LogP contribution in [0.15, 0.2) is 57.8 Å². The first kappa shape index (κ1) is 13.8. The fourth-order valence-corrected chi connectivity index (χ4v) is 2.12. The molecule has 0 saturated heterocycles. The zero-order valence-electron chi connectivity index (χ0n) is 11.7. The third-order valence-corrected chi connectivity index (χ3v) is 3.25. The van der Waals surface area contributed by atoms with E-state index in [2.05, 4.69) is 5.10 Å². The Morgan fingerprint density at radius 1 is 1.27 bits per heavy atom. The van der Waals surface area contributed by atoms with E-state index in [1.165, 1.54) is 23.4 Å². The Morgan fingerprint density at radius 2 is 2.00 bits per heavy atom. The molecule has 2 aromatic rings. The summed E-state index contributed by atoms with van der Waals surface area (Å²) >= 11 is 0. The van der Waals surface area contributed by atoms with E-state index in [0.29, 0.717) is 22.7 Å². The van der Waals surface area contributed by atoms with E-state index in [0.717, 1.165) is 0 Å². The number of benzene rings is 1. The summed E-state index contributed by atoms with van der Waals surface area (Å²) in [6, 6.07) is 9.45. The summed E-state index contributed by atoms with van der Waals surface area (Å²) < 4.78 is 5.21. The van der Waals surface area contributed by atoms with Gasteiger partial charge in [-0.05, 0) is 49.4 Å². The molecule has 110 valence electrons. The zero-order valence-corrected chi connectivity index (χ0v) is 11.7. The highest BCUT2D eigenvalue weighted by Gasteiger charge is 2.29. The molecule has 0 unspecified atom stereocenters. The molecule has 0 bridgehead atoms. The first-order valence-corrected chi connectivity index (χ1v) is 6.55. The summed E-state index contributed by atoms with van der Waals surface area (Å²) in [7, 11) is 0. The average Bonchev–Trinajstić information content (AvgIpc) is 3.11. The molecule has 1 N–H and O–H groups in total. The second kappa shape index (κ2) is 5.33. The maximum absolute atomic E-state index is 12.4. The number of nitrogens with zero attached hydrogens (tertiary/aromatic N) is 2. The summed E-state index contributed by atoms with van der Waals surface area (Å²) in [6.07, 6.45) is 3.16. The molecule has 1 aromatic carbocycles. The van der Waals surface area contributed by atoms with Gasteiger partial charge in [-0.2, -0.15) is 10.1 Å². The lowest BCUT2D eigenvalue weighted by Crippen LogP contribution is -2.21. The smallest absolute Gasteiger partial charge is 0.335 e. The van der Waals surface area contributed by atoms with Crippen LogP contribution in [0.1, 0.15) is 23.0 Å². The van der Waals surface area contributed by atoms with Crippen LogP contribution in [-0.4, -0.2) is 22.7 Å². The third kappa shape index (κ3) is 2.42. The molecule has 1 aliphatic rings. The lowest BCUT2D eigenvalue weighted by atomic mass is 10.1. The van der Waals surface area contributed by atoms with Crippen LogP contribution in [-0.2, 0) is 4.79 Å². The maximum atomic E-state index is 12.4. The Morgan fingerprint density at radius 3 is 2.59 bits per heavy atom. The highest BCUT2D eigenvalue weighted by Crippen LogP contribution is 2.25. The minimum Gasteiger partial charge on any atom is -0.478 e. The van der Waals surface area contributed by atoms with Gasteiger partial charge >= 0.3 is 5.97 Å².